The molecule has 0 atom stereocenters. The van der Waals surface area contributed by atoms with Crippen LogP contribution >= 0.6 is 0 Å². The molecule has 0 bridgehead atoms. The summed E-state index contributed by atoms with van der Waals surface area (Å²) in [5.41, 5.74) is 7.36. The first-order valence-corrected chi connectivity index (χ1v) is 11.1. The Morgan fingerprint density at radius 1 is 0.733 bits per heavy atom. The van der Waals surface area contributed by atoms with Crippen molar-refractivity contribution in [2.45, 2.75) is 31.3 Å². The molecule has 5 rings (SSSR count). The minimum atomic E-state index is -0.688. The first-order chi connectivity index (χ1) is 14.7. The lowest BCUT2D eigenvalue weighted by molar-refractivity contribution is -0.0233. The molecule has 0 saturated carbocycles. The number of hydrogen-bond acceptors (Lipinski definition) is 2. The second-order valence-electron chi connectivity index (χ2n) is 8.63. The fourth-order valence-electron chi connectivity index (χ4n) is 5.00. The number of aryl methyl sites for hydroxylation is 2. The summed E-state index contributed by atoms with van der Waals surface area (Å²) in [7, 11) is 0. The van der Waals surface area contributed by atoms with Crippen LogP contribution in [0.5, 0.6) is 0 Å². The van der Waals surface area contributed by atoms with E-state index in [1.165, 1.54) is 27.8 Å². The second-order valence-corrected chi connectivity index (χ2v) is 8.63. The molecule has 1 fully saturated rings. The number of piperidine rings is 1. The third-order valence-corrected chi connectivity index (χ3v) is 6.83. The highest BCUT2D eigenvalue weighted by atomic mass is 16.3. The number of rotatable bonds is 3. The Balaban J connectivity index is 1.38. The molecular weight excluding hydrogens is 366 g/mol. The molecule has 1 N–H and O–H groups in total. The van der Waals surface area contributed by atoms with E-state index in [2.05, 4.69) is 71.6 Å². The Kier molecular flexibility index (Phi) is 5.28. The molecule has 3 aromatic rings. The monoisotopic (exact) mass is 395 g/mol. The van der Waals surface area contributed by atoms with E-state index in [1.54, 1.807) is 0 Å². The van der Waals surface area contributed by atoms with Crippen LogP contribution in [0.4, 0.5) is 0 Å². The van der Waals surface area contributed by atoms with Crippen LogP contribution in [0.1, 0.15) is 40.7 Å². The average molecular weight is 396 g/mol. The fourth-order valence-corrected chi connectivity index (χ4v) is 5.00. The summed E-state index contributed by atoms with van der Waals surface area (Å²) < 4.78 is 0. The van der Waals surface area contributed by atoms with E-state index in [0.717, 1.165) is 50.9 Å². The Morgan fingerprint density at radius 2 is 1.27 bits per heavy atom. The van der Waals surface area contributed by atoms with Gasteiger partial charge in [0.15, 0.2) is 0 Å². The van der Waals surface area contributed by atoms with Crippen LogP contribution in [0, 0.1) is 0 Å². The van der Waals surface area contributed by atoms with Crippen molar-refractivity contribution in [3.63, 3.8) is 0 Å². The van der Waals surface area contributed by atoms with Crippen molar-refractivity contribution < 1.29 is 5.11 Å². The number of aliphatic hydroxyl groups is 1. The smallest absolute Gasteiger partial charge is 0.0920 e. The maximum Gasteiger partial charge on any atom is 0.0920 e. The molecule has 1 saturated heterocycles. The van der Waals surface area contributed by atoms with E-state index in [4.69, 9.17) is 0 Å². The Labute approximate surface area is 179 Å². The molecular formula is C28H29NO. The van der Waals surface area contributed by atoms with Crippen molar-refractivity contribution in [3.05, 3.63) is 113 Å². The minimum absolute atomic E-state index is 0.688. The van der Waals surface area contributed by atoms with Gasteiger partial charge in [0.2, 0.25) is 0 Å². The van der Waals surface area contributed by atoms with Gasteiger partial charge in [-0.1, -0.05) is 84.9 Å². The van der Waals surface area contributed by atoms with Crippen LogP contribution in [0.3, 0.4) is 0 Å². The summed E-state index contributed by atoms with van der Waals surface area (Å²) in [6.45, 7) is 2.75. The Bertz CT molecular complexity index is 995. The SMILES string of the molecule is OC1(c2ccccc2)CCN(CC=C2c3ccccc3CCc3ccccc32)CC1. The number of nitrogens with zero attached hydrogens (tertiary/aromatic N) is 1. The van der Waals surface area contributed by atoms with Crippen LogP contribution in [0.25, 0.3) is 5.57 Å². The third-order valence-electron chi connectivity index (χ3n) is 6.83. The molecule has 0 amide bonds. The number of likely N-dealkylation sites (tertiary alicyclic amines) is 1. The molecule has 2 nitrogen and oxygen atoms in total. The molecule has 0 aromatic heterocycles. The zero-order valence-corrected chi connectivity index (χ0v) is 17.4. The van der Waals surface area contributed by atoms with E-state index in [-0.39, 0.29) is 0 Å². The summed E-state index contributed by atoms with van der Waals surface area (Å²) in [5, 5.41) is 11.1. The van der Waals surface area contributed by atoms with E-state index in [1.807, 2.05) is 18.2 Å². The molecule has 0 spiro atoms. The third kappa shape index (κ3) is 3.74. The largest absolute Gasteiger partial charge is 0.385 e. The summed E-state index contributed by atoms with van der Waals surface area (Å²) in [6, 6.07) is 27.9. The van der Waals surface area contributed by atoms with Crippen molar-refractivity contribution >= 4 is 5.57 Å². The lowest BCUT2D eigenvalue weighted by Gasteiger charge is -2.38. The summed E-state index contributed by atoms with van der Waals surface area (Å²) >= 11 is 0. The predicted octanol–water partition coefficient (Wildman–Crippen LogP) is 5.20. The van der Waals surface area contributed by atoms with E-state index < -0.39 is 5.60 Å². The molecule has 152 valence electrons. The van der Waals surface area contributed by atoms with Gasteiger partial charge in [-0.3, -0.25) is 4.90 Å². The van der Waals surface area contributed by atoms with Gasteiger partial charge in [-0.05, 0) is 59.1 Å². The van der Waals surface area contributed by atoms with E-state index in [0.29, 0.717) is 0 Å². The highest BCUT2D eigenvalue weighted by molar-refractivity contribution is 5.84. The van der Waals surface area contributed by atoms with Gasteiger partial charge in [-0.2, -0.15) is 0 Å². The molecule has 1 aliphatic carbocycles. The van der Waals surface area contributed by atoms with Crippen LogP contribution in [0.2, 0.25) is 0 Å². The van der Waals surface area contributed by atoms with Gasteiger partial charge in [0, 0.05) is 19.6 Å². The van der Waals surface area contributed by atoms with Crippen molar-refractivity contribution in [2.75, 3.05) is 19.6 Å². The average Bonchev–Trinajstić information content (AvgIpc) is 2.96. The molecule has 1 aliphatic heterocycles. The quantitative estimate of drug-likeness (QED) is 0.659. The highest BCUT2D eigenvalue weighted by Gasteiger charge is 2.33. The standard InChI is InChI=1S/C28H29NO/c30-28(24-10-2-1-3-11-24)17-20-29(21-18-28)19-16-27-25-12-6-4-8-22(25)14-15-23-9-5-7-13-26(23)27/h1-13,16,30H,14-15,17-21H2. The van der Waals surface area contributed by atoms with Gasteiger partial charge in [0.25, 0.3) is 0 Å². The predicted molar refractivity (Wildman–Crippen MR) is 123 cm³/mol. The van der Waals surface area contributed by atoms with E-state index in [9.17, 15) is 5.11 Å². The van der Waals surface area contributed by atoms with E-state index >= 15 is 0 Å². The number of hydrogen-bond donors (Lipinski definition) is 1. The normalized spacial score (nSPS) is 18.2. The van der Waals surface area contributed by atoms with Crippen molar-refractivity contribution in [1.29, 1.82) is 0 Å². The summed E-state index contributed by atoms with van der Waals surface area (Å²) in [4.78, 5) is 2.47. The topological polar surface area (TPSA) is 23.5 Å². The van der Waals surface area contributed by atoms with Crippen LogP contribution in [0.15, 0.2) is 84.9 Å². The minimum Gasteiger partial charge on any atom is -0.385 e. The van der Waals surface area contributed by atoms with Crippen LogP contribution < -0.4 is 0 Å². The van der Waals surface area contributed by atoms with Crippen molar-refractivity contribution in [3.8, 4) is 0 Å². The van der Waals surface area contributed by atoms with Crippen molar-refractivity contribution in [2.24, 2.45) is 0 Å². The molecule has 2 aliphatic rings. The highest BCUT2D eigenvalue weighted by Crippen LogP contribution is 2.35. The van der Waals surface area contributed by atoms with Gasteiger partial charge in [-0.25, -0.2) is 0 Å². The second kappa shape index (κ2) is 8.22. The van der Waals surface area contributed by atoms with Crippen molar-refractivity contribution in [1.82, 2.24) is 4.90 Å². The zero-order valence-electron chi connectivity index (χ0n) is 17.4. The molecule has 3 aromatic carbocycles. The summed E-state index contributed by atoms with van der Waals surface area (Å²) in [5.74, 6) is 0. The van der Waals surface area contributed by atoms with Gasteiger partial charge in [0.05, 0.1) is 5.60 Å². The van der Waals surface area contributed by atoms with Crippen LogP contribution in [-0.2, 0) is 18.4 Å². The Morgan fingerprint density at radius 3 is 1.87 bits per heavy atom. The maximum absolute atomic E-state index is 11.1. The molecule has 0 unspecified atom stereocenters. The first kappa shape index (κ1) is 19.3. The molecule has 1 heterocycles. The number of benzene rings is 3. The van der Waals surface area contributed by atoms with Crippen LogP contribution in [-0.4, -0.2) is 29.6 Å². The molecule has 2 heteroatoms. The maximum atomic E-state index is 11.1. The Hall–Kier alpha value is -2.68. The first-order valence-electron chi connectivity index (χ1n) is 11.1. The fraction of sp³-hybridized carbons (Fsp3) is 0.286. The zero-order chi connectivity index (χ0) is 20.4. The number of fused-ring (bicyclic) bond motifs is 2. The van der Waals surface area contributed by atoms with Gasteiger partial charge in [-0.15, -0.1) is 0 Å². The van der Waals surface area contributed by atoms with Gasteiger partial charge < -0.3 is 5.11 Å². The van der Waals surface area contributed by atoms with Gasteiger partial charge in [0.1, 0.15) is 0 Å². The van der Waals surface area contributed by atoms with Gasteiger partial charge >= 0.3 is 0 Å². The summed E-state index contributed by atoms with van der Waals surface area (Å²) in [6.07, 6.45) is 6.17. The molecule has 30 heavy (non-hydrogen) atoms. The lowest BCUT2D eigenvalue weighted by Crippen LogP contribution is -2.42. The lowest BCUT2D eigenvalue weighted by atomic mass is 9.84. The molecule has 0 radical (unpaired) electrons.